The number of benzene rings is 1. The van der Waals surface area contributed by atoms with Crippen LogP contribution in [0.25, 0.3) is 0 Å². The van der Waals surface area contributed by atoms with Crippen molar-refractivity contribution in [3.05, 3.63) is 35.4 Å². The van der Waals surface area contributed by atoms with Crippen molar-refractivity contribution in [2.24, 2.45) is 10.9 Å². The molecule has 2 rings (SSSR count). The summed E-state index contributed by atoms with van der Waals surface area (Å²) in [5.74, 6) is 4.22. The van der Waals surface area contributed by atoms with Gasteiger partial charge in [0.1, 0.15) is 0 Å². The molecular weight excluding hydrogens is 296 g/mol. The van der Waals surface area contributed by atoms with Crippen molar-refractivity contribution in [2.75, 3.05) is 26.2 Å². The predicted octanol–water partition coefficient (Wildman–Crippen LogP) is 2.61. The normalized spacial score (nSPS) is 16.6. The first-order valence-electron chi connectivity index (χ1n) is 8.97. The van der Waals surface area contributed by atoms with Crippen LogP contribution in [0.4, 0.5) is 0 Å². The average Bonchev–Trinajstić information content (AvgIpc) is 2.60. The second kappa shape index (κ2) is 10.00. The lowest BCUT2D eigenvalue weighted by atomic mass is 9.98. The number of hydrogen-bond donors (Lipinski definition) is 2. The molecule has 0 spiro atoms. The Morgan fingerprint density at radius 1 is 1.29 bits per heavy atom. The van der Waals surface area contributed by atoms with Gasteiger partial charge in [0, 0.05) is 13.1 Å². The lowest BCUT2D eigenvalue weighted by Gasteiger charge is -2.30. The Kier molecular flexibility index (Phi) is 7.64. The smallest absolute Gasteiger partial charge is 0.192 e. The van der Waals surface area contributed by atoms with E-state index in [1.807, 2.05) is 6.92 Å². The molecule has 4 heteroatoms. The number of aliphatic imine (C=N–C) groups is 1. The van der Waals surface area contributed by atoms with Gasteiger partial charge in [-0.15, -0.1) is 6.42 Å². The van der Waals surface area contributed by atoms with Crippen LogP contribution in [-0.4, -0.2) is 37.0 Å². The molecule has 1 aromatic rings. The summed E-state index contributed by atoms with van der Waals surface area (Å²) in [6, 6.07) is 8.75. The third-order valence-electron chi connectivity index (χ3n) is 4.40. The number of guanidine groups is 1. The third-order valence-corrected chi connectivity index (χ3v) is 4.40. The maximum atomic E-state index is 5.30. The fourth-order valence-corrected chi connectivity index (χ4v) is 2.95. The van der Waals surface area contributed by atoms with Crippen LogP contribution in [0.3, 0.4) is 0 Å². The van der Waals surface area contributed by atoms with E-state index in [4.69, 9.17) is 6.42 Å². The highest BCUT2D eigenvalue weighted by molar-refractivity contribution is 5.79. The largest absolute Gasteiger partial charge is 0.357 e. The zero-order chi connectivity index (χ0) is 17.2. The summed E-state index contributed by atoms with van der Waals surface area (Å²) >= 11 is 0. The molecule has 0 bridgehead atoms. The van der Waals surface area contributed by atoms with E-state index in [-0.39, 0.29) is 0 Å². The maximum Gasteiger partial charge on any atom is 0.192 e. The van der Waals surface area contributed by atoms with Crippen molar-refractivity contribution in [3.8, 4) is 12.3 Å². The summed E-state index contributed by atoms with van der Waals surface area (Å²) in [7, 11) is 0. The summed E-state index contributed by atoms with van der Waals surface area (Å²) < 4.78 is 0. The molecule has 1 aromatic carbocycles. The topological polar surface area (TPSA) is 39.7 Å². The maximum absolute atomic E-state index is 5.30. The summed E-state index contributed by atoms with van der Waals surface area (Å²) in [5, 5.41) is 6.33. The molecule has 1 saturated heterocycles. The highest BCUT2D eigenvalue weighted by Gasteiger charge is 2.15. The zero-order valence-corrected chi connectivity index (χ0v) is 15.0. The van der Waals surface area contributed by atoms with Crippen molar-refractivity contribution in [2.45, 2.75) is 39.8 Å². The number of hydrogen-bond acceptors (Lipinski definition) is 2. The molecular formula is C20H30N4. The van der Waals surface area contributed by atoms with Crippen LogP contribution in [0.2, 0.25) is 0 Å². The van der Waals surface area contributed by atoms with Gasteiger partial charge in [-0.1, -0.05) is 37.1 Å². The van der Waals surface area contributed by atoms with Crippen LogP contribution in [0, 0.1) is 18.3 Å². The number of nitrogens with zero attached hydrogens (tertiary/aromatic N) is 2. The van der Waals surface area contributed by atoms with Gasteiger partial charge < -0.3 is 10.6 Å². The first kappa shape index (κ1) is 18.4. The van der Waals surface area contributed by atoms with Crippen LogP contribution in [0.15, 0.2) is 29.3 Å². The molecule has 1 aliphatic heterocycles. The van der Waals surface area contributed by atoms with E-state index in [1.165, 1.54) is 37.1 Å². The van der Waals surface area contributed by atoms with Gasteiger partial charge in [0.2, 0.25) is 0 Å². The Hall–Kier alpha value is -1.99. The van der Waals surface area contributed by atoms with E-state index in [1.54, 1.807) is 0 Å². The first-order chi connectivity index (χ1) is 11.7. The molecule has 130 valence electrons. The van der Waals surface area contributed by atoms with Crippen LogP contribution >= 0.6 is 0 Å². The molecule has 0 atom stereocenters. The number of nitrogens with one attached hydrogen (secondary N) is 2. The summed E-state index contributed by atoms with van der Waals surface area (Å²) in [6.07, 6.45) is 7.93. The summed E-state index contributed by atoms with van der Waals surface area (Å²) in [6.45, 7) is 9.83. The van der Waals surface area contributed by atoms with E-state index in [9.17, 15) is 0 Å². The Bertz CT molecular complexity index is 565. The minimum Gasteiger partial charge on any atom is -0.357 e. The van der Waals surface area contributed by atoms with Gasteiger partial charge in [-0.3, -0.25) is 4.90 Å². The second-order valence-corrected chi connectivity index (χ2v) is 6.53. The molecule has 1 heterocycles. The van der Waals surface area contributed by atoms with Gasteiger partial charge in [-0.25, -0.2) is 4.99 Å². The monoisotopic (exact) mass is 326 g/mol. The highest BCUT2D eigenvalue weighted by atomic mass is 15.2. The minimum atomic E-state index is 0.485. The fourth-order valence-electron chi connectivity index (χ4n) is 2.95. The molecule has 0 aromatic heterocycles. The van der Waals surface area contributed by atoms with Crippen LogP contribution in [0.5, 0.6) is 0 Å². The first-order valence-corrected chi connectivity index (χ1v) is 8.97. The van der Waals surface area contributed by atoms with Crippen molar-refractivity contribution in [1.82, 2.24) is 15.5 Å². The van der Waals surface area contributed by atoms with E-state index in [0.29, 0.717) is 13.1 Å². The molecule has 0 radical (unpaired) electrons. The quantitative estimate of drug-likeness (QED) is 0.479. The van der Waals surface area contributed by atoms with E-state index in [2.05, 4.69) is 57.6 Å². The van der Waals surface area contributed by atoms with Crippen LogP contribution < -0.4 is 10.6 Å². The number of rotatable bonds is 6. The molecule has 1 fully saturated rings. The molecule has 2 N–H and O–H groups in total. The Morgan fingerprint density at radius 2 is 2.04 bits per heavy atom. The Labute approximate surface area is 146 Å². The number of likely N-dealkylation sites (tertiary alicyclic amines) is 1. The molecule has 1 aliphatic rings. The Morgan fingerprint density at radius 3 is 2.75 bits per heavy atom. The molecule has 0 aliphatic carbocycles. The fraction of sp³-hybridized carbons (Fsp3) is 0.550. The van der Waals surface area contributed by atoms with Gasteiger partial charge in [0.25, 0.3) is 0 Å². The third kappa shape index (κ3) is 6.25. The van der Waals surface area contributed by atoms with Gasteiger partial charge in [-0.05, 0) is 49.9 Å². The van der Waals surface area contributed by atoms with Crippen molar-refractivity contribution in [1.29, 1.82) is 0 Å². The second-order valence-electron chi connectivity index (χ2n) is 6.53. The van der Waals surface area contributed by atoms with Gasteiger partial charge >= 0.3 is 0 Å². The zero-order valence-electron chi connectivity index (χ0n) is 15.0. The molecule has 24 heavy (non-hydrogen) atoms. The average molecular weight is 326 g/mol. The lowest BCUT2D eigenvalue weighted by molar-refractivity contribution is 0.185. The molecule has 0 amide bonds. The number of piperidine rings is 1. The van der Waals surface area contributed by atoms with E-state index >= 15 is 0 Å². The van der Waals surface area contributed by atoms with E-state index in [0.717, 1.165) is 25.0 Å². The SMILES string of the molecule is C#CCNC(=NCc1cccc(CN2CCC(C)CC2)c1)NCC. The van der Waals surface area contributed by atoms with Crippen molar-refractivity contribution < 1.29 is 0 Å². The molecule has 4 nitrogen and oxygen atoms in total. The highest BCUT2D eigenvalue weighted by Crippen LogP contribution is 2.18. The Balaban J connectivity index is 1.92. The molecule has 0 unspecified atom stereocenters. The lowest BCUT2D eigenvalue weighted by Crippen LogP contribution is -2.37. The van der Waals surface area contributed by atoms with Gasteiger partial charge in [0.15, 0.2) is 5.96 Å². The van der Waals surface area contributed by atoms with Crippen LogP contribution in [0.1, 0.15) is 37.8 Å². The molecule has 0 saturated carbocycles. The summed E-state index contributed by atoms with van der Waals surface area (Å²) in [5.41, 5.74) is 2.61. The summed E-state index contributed by atoms with van der Waals surface area (Å²) in [4.78, 5) is 7.16. The van der Waals surface area contributed by atoms with Crippen molar-refractivity contribution in [3.63, 3.8) is 0 Å². The minimum absolute atomic E-state index is 0.485. The van der Waals surface area contributed by atoms with Gasteiger partial charge in [-0.2, -0.15) is 0 Å². The standard InChI is InChI=1S/C20H30N4/c1-4-11-22-20(21-5-2)23-15-18-7-6-8-19(14-18)16-24-12-9-17(3)10-13-24/h1,6-8,14,17H,5,9-13,15-16H2,2-3H3,(H2,21,22,23). The van der Waals surface area contributed by atoms with Gasteiger partial charge in [0.05, 0.1) is 13.1 Å². The van der Waals surface area contributed by atoms with Crippen molar-refractivity contribution >= 4 is 5.96 Å². The van der Waals surface area contributed by atoms with E-state index < -0.39 is 0 Å². The predicted molar refractivity (Wildman–Crippen MR) is 102 cm³/mol. The van der Waals surface area contributed by atoms with Crippen LogP contribution in [-0.2, 0) is 13.1 Å². The number of terminal acetylenes is 1.